The molecule has 0 bridgehead atoms. The van der Waals surface area contributed by atoms with E-state index in [-0.39, 0.29) is 23.5 Å². The van der Waals surface area contributed by atoms with Gasteiger partial charge in [-0.2, -0.15) is 0 Å². The fourth-order valence-electron chi connectivity index (χ4n) is 3.86. The van der Waals surface area contributed by atoms with Gasteiger partial charge in [-0.3, -0.25) is 4.79 Å². The summed E-state index contributed by atoms with van der Waals surface area (Å²) in [5, 5.41) is 15.8. The van der Waals surface area contributed by atoms with Gasteiger partial charge in [-0.05, 0) is 47.3 Å². The van der Waals surface area contributed by atoms with Gasteiger partial charge in [0.05, 0.1) is 22.4 Å². The van der Waals surface area contributed by atoms with Crippen LogP contribution in [0.1, 0.15) is 27.3 Å². The predicted octanol–water partition coefficient (Wildman–Crippen LogP) is 6.03. The van der Waals surface area contributed by atoms with Gasteiger partial charge < -0.3 is 15.5 Å². The summed E-state index contributed by atoms with van der Waals surface area (Å²) in [6.07, 6.45) is 0.0417. The monoisotopic (exact) mass is 510 g/mol. The Hall–Kier alpha value is -4.83. The van der Waals surface area contributed by atoms with Crippen molar-refractivity contribution in [1.82, 2.24) is 20.0 Å². The summed E-state index contributed by atoms with van der Waals surface area (Å²) in [5.41, 5.74) is 8.31. The number of benzene rings is 3. The van der Waals surface area contributed by atoms with Gasteiger partial charge in [0, 0.05) is 10.3 Å². The van der Waals surface area contributed by atoms with Crippen molar-refractivity contribution in [3.8, 4) is 17.1 Å². The molecular formula is C27H19FN6O2S. The van der Waals surface area contributed by atoms with Gasteiger partial charge >= 0.3 is 0 Å². The second-order valence-electron chi connectivity index (χ2n) is 8.25. The summed E-state index contributed by atoms with van der Waals surface area (Å²) in [4.78, 5) is 13.4. The van der Waals surface area contributed by atoms with Crippen LogP contribution in [0.5, 0.6) is 0 Å². The van der Waals surface area contributed by atoms with Gasteiger partial charge in [-0.25, -0.2) is 9.07 Å². The summed E-state index contributed by atoms with van der Waals surface area (Å²) in [6, 6.07) is 25.5. The van der Waals surface area contributed by atoms with Crippen LogP contribution in [0, 0.1) is 0 Å². The lowest BCUT2D eigenvalue weighted by Gasteiger charge is -2.03. The van der Waals surface area contributed by atoms with E-state index in [1.165, 1.54) is 11.3 Å². The number of rotatable bonds is 6. The van der Waals surface area contributed by atoms with Crippen LogP contribution in [0.15, 0.2) is 95.5 Å². The van der Waals surface area contributed by atoms with Crippen molar-refractivity contribution in [3.63, 3.8) is 0 Å². The maximum atomic E-state index is 15.3. The van der Waals surface area contributed by atoms with Gasteiger partial charge in [0.15, 0.2) is 5.82 Å². The van der Waals surface area contributed by atoms with Crippen LogP contribution < -0.4 is 11.1 Å². The van der Waals surface area contributed by atoms with Crippen molar-refractivity contribution >= 4 is 38.8 Å². The number of nitrogen functional groups attached to an aromatic ring is 1. The average molecular weight is 511 g/mol. The van der Waals surface area contributed by atoms with E-state index in [1.807, 2.05) is 60.7 Å². The molecule has 37 heavy (non-hydrogen) atoms. The Morgan fingerprint density at radius 1 is 1.00 bits per heavy atom. The number of nitrogens with zero attached hydrogens (tertiary/aromatic N) is 4. The molecule has 0 aliphatic heterocycles. The number of alkyl halides is 1. The summed E-state index contributed by atoms with van der Waals surface area (Å²) >= 11 is 1.24. The molecule has 0 spiro atoms. The molecule has 182 valence electrons. The highest BCUT2D eigenvalue weighted by Gasteiger charge is 2.22. The molecule has 3 aromatic carbocycles. The number of anilines is 2. The highest BCUT2D eigenvalue weighted by Crippen LogP contribution is 2.33. The SMILES string of the molecule is Nc1cn(-c2ccccc2)nc1NC(=O)c1cc2ccc(C(F)c3nnc(-c4ccccc4)o3)cc2s1. The first-order valence-corrected chi connectivity index (χ1v) is 12.1. The van der Waals surface area contributed by atoms with E-state index in [1.54, 1.807) is 35.1 Å². The largest absolute Gasteiger partial charge is 0.417 e. The lowest BCUT2D eigenvalue weighted by molar-refractivity contribution is 0.103. The maximum absolute atomic E-state index is 15.3. The van der Waals surface area contributed by atoms with Crippen LogP contribution in [0.2, 0.25) is 0 Å². The molecule has 3 N–H and O–H groups in total. The summed E-state index contributed by atoms with van der Waals surface area (Å²) in [7, 11) is 0. The quantitative estimate of drug-likeness (QED) is 0.283. The van der Waals surface area contributed by atoms with Gasteiger partial charge in [0.25, 0.3) is 11.8 Å². The number of hydrogen-bond acceptors (Lipinski definition) is 7. The number of para-hydroxylation sites is 1. The molecule has 1 unspecified atom stereocenters. The molecule has 6 aromatic rings. The van der Waals surface area contributed by atoms with E-state index in [9.17, 15) is 4.79 Å². The number of thiophene rings is 1. The zero-order valence-electron chi connectivity index (χ0n) is 19.2. The van der Waals surface area contributed by atoms with Crippen LogP contribution in [0.25, 0.3) is 27.2 Å². The van der Waals surface area contributed by atoms with E-state index in [2.05, 4.69) is 20.6 Å². The molecule has 6 rings (SSSR count). The number of carbonyl (C=O) groups excluding carboxylic acids is 1. The van der Waals surface area contributed by atoms with E-state index in [0.29, 0.717) is 21.7 Å². The normalized spacial score (nSPS) is 12.0. The Balaban J connectivity index is 1.21. The molecule has 8 nitrogen and oxygen atoms in total. The van der Waals surface area contributed by atoms with Gasteiger partial charge in [-0.15, -0.1) is 26.6 Å². The standard InChI is InChI=1S/C27H19FN6O2S/c28-23(27-32-31-26(36-27)16-7-3-1-4-8-16)18-12-11-17-13-22(37-21(17)14-18)25(35)30-24-20(29)15-34(33-24)19-9-5-2-6-10-19/h1-15,23H,29H2,(H,30,33,35). The van der Waals surface area contributed by atoms with Crippen molar-refractivity contribution in [3.05, 3.63) is 107 Å². The zero-order chi connectivity index (χ0) is 25.4. The summed E-state index contributed by atoms with van der Waals surface area (Å²) in [5.74, 6) is 0.0380. The average Bonchev–Trinajstić information content (AvgIpc) is 3.68. The van der Waals surface area contributed by atoms with Crippen LogP contribution in [-0.4, -0.2) is 25.9 Å². The lowest BCUT2D eigenvalue weighted by atomic mass is 10.1. The zero-order valence-corrected chi connectivity index (χ0v) is 20.0. The minimum Gasteiger partial charge on any atom is -0.417 e. The third kappa shape index (κ3) is 4.45. The minimum atomic E-state index is -1.60. The number of halogens is 1. The van der Waals surface area contributed by atoms with Crippen LogP contribution in [0.4, 0.5) is 15.9 Å². The van der Waals surface area contributed by atoms with Gasteiger partial charge in [0.1, 0.15) is 0 Å². The third-order valence-electron chi connectivity index (χ3n) is 5.73. The topological polar surface area (TPSA) is 112 Å². The molecule has 3 heterocycles. The van der Waals surface area contributed by atoms with Crippen molar-refractivity contribution in [1.29, 1.82) is 0 Å². The second-order valence-corrected chi connectivity index (χ2v) is 9.33. The Labute approximate surface area is 214 Å². The fourth-order valence-corrected chi connectivity index (χ4v) is 4.87. The molecule has 1 atom stereocenters. The van der Waals surface area contributed by atoms with E-state index < -0.39 is 6.17 Å². The first kappa shape index (κ1) is 22.6. The van der Waals surface area contributed by atoms with E-state index in [0.717, 1.165) is 15.8 Å². The highest BCUT2D eigenvalue weighted by molar-refractivity contribution is 7.20. The molecule has 1 amide bonds. The number of nitrogens with one attached hydrogen (secondary N) is 1. The van der Waals surface area contributed by atoms with Crippen molar-refractivity contribution in [2.24, 2.45) is 0 Å². The molecule has 0 fully saturated rings. The second kappa shape index (κ2) is 9.32. The number of nitrogens with two attached hydrogens (primary N) is 1. The van der Waals surface area contributed by atoms with Gasteiger partial charge in [-0.1, -0.05) is 48.5 Å². The molecule has 0 aliphatic carbocycles. The van der Waals surface area contributed by atoms with Crippen molar-refractivity contribution in [2.75, 3.05) is 11.1 Å². The Morgan fingerprint density at radius 2 is 1.76 bits per heavy atom. The Kier molecular flexibility index (Phi) is 5.70. The number of aromatic nitrogens is 4. The number of hydrogen-bond donors (Lipinski definition) is 2. The Morgan fingerprint density at radius 3 is 2.54 bits per heavy atom. The van der Waals surface area contributed by atoms with Gasteiger partial charge in [0.2, 0.25) is 12.1 Å². The number of amides is 1. The third-order valence-corrected chi connectivity index (χ3v) is 6.83. The fraction of sp³-hybridized carbons (Fsp3) is 0.0370. The number of fused-ring (bicyclic) bond motifs is 1. The summed E-state index contributed by atoms with van der Waals surface area (Å²) < 4.78 is 23.2. The molecule has 0 radical (unpaired) electrons. The number of carbonyl (C=O) groups is 1. The molecule has 3 aromatic heterocycles. The lowest BCUT2D eigenvalue weighted by Crippen LogP contribution is -2.12. The van der Waals surface area contributed by atoms with Crippen LogP contribution in [0.3, 0.4) is 0 Å². The van der Waals surface area contributed by atoms with E-state index in [4.69, 9.17) is 10.2 Å². The summed E-state index contributed by atoms with van der Waals surface area (Å²) in [6.45, 7) is 0. The minimum absolute atomic E-state index is 0.128. The smallest absolute Gasteiger partial charge is 0.267 e. The van der Waals surface area contributed by atoms with Crippen molar-refractivity contribution < 1.29 is 13.6 Å². The predicted molar refractivity (Wildman–Crippen MR) is 140 cm³/mol. The van der Waals surface area contributed by atoms with Crippen molar-refractivity contribution in [2.45, 2.75) is 6.17 Å². The molecule has 10 heteroatoms. The molecule has 0 aliphatic rings. The Bertz CT molecular complexity index is 1710. The first-order valence-electron chi connectivity index (χ1n) is 11.3. The maximum Gasteiger partial charge on any atom is 0.267 e. The highest BCUT2D eigenvalue weighted by atomic mass is 32.1. The molecule has 0 saturated heterocycles. The van der Waals surface area contributed by atoms with E-state index >= 15 is 4.39 Å². The first-order chi connectivity index (χ1) is 18.0. The van der Waals surface area contributed by atoms with Crippen LogP contribution in [-0.2, 0) is 0 Å². The van der Waals surface area contributed by atoms with Crippen LogP contribution >= 0.6 is 11.3 Å². The molecule has 0 saturated carbocycles. The molecular weight excluding hydrogens is 491 g/mol.